The highest BCUT2D eigenvalue weighted by atomic mass is 16.6. The maximum absolute atomic E-state index is 12.2. The molecule has 1 aliphatic heterocycles. The Morgan fingerprint density at radius 2 is 1.82 bits per heavy atom. The van der Waals surface area contributed by atoms with Crippen molar-refractivity contribution < 1.29 is 14.3 Å². The first-order valence-corrected chi connectivity index (χ1v) is 7.76. The van der Waals surface area contributed by atoms with Gasteiger partial charge in [-0.3, -0.25) is 0 Å². The van der Waals surface area contributed by atoms with Crippen LogP contribution in [0.5, 0.6) is 5.75 Å². The zero-order valence-corrected chi connectivity index (χ0v) is 14.0. The van der Waals surface area contributed by atoms with Gasteiger partial charge in [0.25, 0.3) is 0 Å². The molecule has 5 nitrogen and oxygen atoms in total. The van der Waals surface area contributed by atoms with Gasteiger partial charge in [0.15, 0.2) is 0 Å². The standard InChI is InChI=1S/C17H26N2O3/c1-17(2,3)22-16(20)19-11-7-10-18(12-13-19)14-8-5-6-9-15(14)21-4/h5-6,8-9H,7,10-13H2,1-4H3. The van der Waals surface area contributed by atoms with Gasteiger partial charge in [-0.2, -0.15) is 0 Å². The average Bonchev–Trinajstić information content (AvgIpc) is 2.71. The van der Waals surface area contributed by atoms with Crippen molar-refractivity contribution in [2.24, 2.45) is 0 Å². The molecule has 1 heterocycles. The molecule has 0 aliphatic carbocycles. The van der Waals surface area contributed by atoms with Crippen molar-refractivity contribution in [2.45, 2.75) is 32.8 Å². The Kier molecular flexibility index (Phi) is 5.16. The van der Waals surface area contributed by atoms with Crippen LogP contribution in [0.1, 0.15) is 27.2 Å². The number of hydrogen-bond donors (Lipinski definition) is 0. The maximum Gasteiger partial charge on any atom is 0.410 e. The number of amides is 1. The van der Waals surface area contributed by atoms with E-state index in [9.17, 15) is 4.79 Å². The van der Waals surface area contributed by atoms with E-state index >= 15 is 0 Å². The van der Waals surface area contributed by atoms with Crippen LogP contribution in [0, 0.1) is 0 Å². The molecule has 1 aliphatic rings. The number of nitrogens with zero attached hydrogens (tertiary/aromatic N) is 2. The van der Waals surface area contributed by atoms with E-state index in [0.717, 1.165) is 37.5 Å². The molecule has 0 N–H and O–H groups in total. The van der Waals surface area contributed by atoms with Crippen molar-refractivity contribution in [3.8, 4) is 5.75 Å². The van der Waals surface area contributed by atoms with Gasteiger partial charge in [0.1, 0.15) is 11.4 Å². The number of methoxy groups -OCH3 is 1. The third kappa shape index (κ3) is 4.29. The van der Waals surface area contributed by atoms with Crippen LogP contribution in [-0.2, 0) is 4.74 Å². The minimum atomic E-state index is -0.453. The summed E-state index contributed by atoms with van der Waals surface area (Å²) in [6, 6.07) is 8.00. The van der Waals surface area contributed by atoms with Crippen molar-refractivity contribution in [3.63, 3.8) is 0 Å². The Balaban J connectivity index is 2.02. The second-order valence-electron chi connectivity index (χ2n) is 6.48. The van der Waals surface area contributed by atoms with Gasteiger partial charge < -0.3 is 19.3 Å². The van der Waals surface area contributed by atoms with Crippen molar-refractivity contribution in [2.75, 3.05) is 38.2 Å². The van der Waals surface area contributed by atoms with Crippen LogP contribution in [0.25, 0.3) is 0 Å². The fourth-order valence-electron chi connectivity index (χ4n) is 2.56. The molecule has 1 aromatic rings. The predicted octanol–water partition coefficient (Wildman–Crippen LogP) is 3.14. The Bertz CT molecular complexity index is 511. The number of rotatable bonds is 2. The van der Waals surface area contributed by atoms with Gasteiger partial charge >= 0.3 is 6.09 Å². The molecule has 0 saturated carbocycles. The molecule has 1 saturated heterocycles. The van der Waals surface area contributed by atoms with Crippen molar-refractivity contribution in [3.05, 3.63) is 24.3 Å². The number of carbonyl (C=O) groups is 1. The highest BCUT2D eigenvalue weighted by molar-refractivity contribution is 5.68. The van der Waals surface area contributed by atoms with Crippen molar-refractivity contribution in [1.82, 2.24) is 4.90 Å². The molecule has 0 atom stereocenters. The first kappa shape index (κ1) is 16.5. The normalized spacial score (nSPS) is 16.2. The lowest BCUT2D eigenvalue weighted by Crippen LogP contribution is -2.39. The third-order valence-corrected chi connectivity index (χ3v) is 3.57. The van der Waals surface area contributed by atoms with E-state index in [-0.39, 0.29) is 6.09 Å². The van der Waals surface area contributed by atoms with Gasteiger partial charge in [0.2, 0.25) is 0 Å². The van der Waals surface area contributed by atoms with Gasteiger partial charge in [0, 0.05) is 26.2 Å². The van der Waals surface area contributed by atoms with E-state index in [0.29, 0.717) is 6.54 Å². The van der Waals surface area contributed by atoms with E-state index in [1.54, 1.807) is 12.0 Å². The number of para-hydroxylation sites is 2. The molecule has 0 aromatic heterocycles. The summed E-state index contributed by atoms with van der Waals surface area (Å²) >= 11 is 0. The first-order valence-electron chi connectivity index (χ1n) is 7.76. The molecular formula is C17H26N2O3. The minimum absolute atomic E-state index is 0.227. The summed E-state index contributed by atoms with van der Waals surface area (Å²) in [6.07, 6.45) is 0.687. The lowest BCUT2D eigenvalue weighted by atomic mass is 10.2. The molecule has 1 amide bonds. The molecule has 0 radical (unpaired) electrons. The minimum Gasteiger partial charge on any atom is -0.495 e. The second kappa shape index (κ2) is 6.90. The second-order valence-corrected chi connectivity index (χ2v) is 6.48. The summed E-state index contributed by atoms with van der Waals surface area (Å²) in [5, 5.41) is 0. The number of anilines is 1. The van der Waals surface area contributed by atoms with E-state index < -0.39 is 5.60 Å². The molecule has 0 unspecified atom stereocenters. The quantitative estimate of drug-likeness (QED) is 0.842. The van der Waals surface area contributed by atoms with Gasteiger partial charge in [-0.15, -0.1) is 0 Å². The Hall–Kier alpha value is -1.91. The molecule has 22 heavy (non-hydrogen) atoms. The number of benzene rings is 1. The van der Waals surface area contributed by atoms with Crippen LogP contribution in [0.4, 0.5) is 10.5 Å². The summed E-state index contributed by atoms with van der Waals surface area (Å²) in [6.45, 7) is 8.74. The number of hydrogen-bond acceptors (Lipinski definition) is 4. The van der Waals surface area contributed by atoms with Crippen LogP contribution < -0.4 is 9.64 Å². The zero-order valence-electron chi connectivity index (χ0n) is 14.0. The van der Waals surface area contributed by atoms with Gasteiger partial charge in [-0.25, -0.2) is 4.79 Å². The van der Waals surface area contributed by atoms with E-state index in [1.807, 2.05) is 39.0 Å². The highest BCUT2D eigenvalue weighted by Gasteiger charge is 2.25. The van der Waals surface area contributed by atoms with Crippen LogP contribution >= 0.6 is 0 Å². The van der Waals surface area contributed by atoms with E-state index in [4.69, 9.17) is 9.47 Å². The molecule has 122 valence electrons. The fourth-order valence-corrected chi connectivity index (χ4v) is 2.56. The largest absolute Gasteiger partial charge is 0.495 e. The van der Waals surface area contributed by atoms with Crippen molar-refractivity contribution in [1.29, 1.82) is 0 Å². The van der Waals surface area contributed by atoms with Gasteiger partial charge in [0.05, 0.1) is 12.8 Å². The number of carbonyl (C=O) groups excluding carboxylic acids is 1. The van der Waals surface area contributed by atoms with E-state index in [2.05, 4.69) is 11.0 Å². The van der Waals surface area contributed by atoms with E-state index in [1.165, 1.54) is 0 Å². The molecule has 2 rings (SSSR count). The summed E-state index contributed by atoms with van der Waals surface area (Å²) in [5.41, 5.74) is 0.627. The monoisotopic (exact) mass is 306 g/mol. The highest BCUT2D eigenvalue weighted by Crippen LogP contribution is 2.28. The van der Waals surface area contributed by atoms with Crippen molar-refractivity contribution >= 4 is 11.8 Å². The fraction of sp³-hybridized carbons (Fsp3) is 0.588. The number of ether oxygens (including phenoxy) is 2. The SMILES string of the molecule is COc1ccccc1N1CCCN(C(=O)OC(C)(C)C)CC1. The van der Waals surface area contributed by atoms with Crippen LogP contribution in [-0.4, -0.2) is 49.9 Å². The maximum atomic E-state index is 12.2. The molecule has 1 fully saturated rings. The Morgan fingerprint density at radius 1 is 1.09 bits per heavy atom. The molecule has 5 heteroatoms. The summed E-state index contributed by atoms with van der Waals surface area (Å²) in [5.74, 6) is 0.869. The zero-order chi connectivity index (χ0) is 16.2. The summed E-state index contributed by atoms with van der Waals surface area (Å²) < 4.78 is 10.9. The third-order valence-electron chi connectivity index (χ3n) is 3.57. The van der Waals surface area contributed by atoms with Crippen LogP contribution in [0.3, 0.4) is 0 Å². The topological polar surface area (TPSA) is 42.0 Å². The van der Waals surface area contributed by atoms with Crippen LogP contribution in [0.2, 0.25) is 0 Å². The lowest BCUT2D eigenvalue weighted by Gasteiger charge is -2.27. The van der Waals surface area contributed by atoms with Gasteiger partial charge in [-0.1, -0.05) is 12.1 Å². The predicted molar refractivity (Wildman–Crippen MR) is 87.6 cm³/mol. The molecule has 0 bridgehead atoms. The lowest BCUT2D eigenvalue weighted by molar-refractivity contribution is 0.0263. The molecule has 1 aromatic carbocycles. The molecule has 0 spiro atoms. The first-order chi connectivity index (χ1) is 10.4. The molecular weight excluding hydrogens is 280 g/mol. The van der Waals surface area contributed by atoms with Gasteiger partial charge in [-0.05, 0) is 39.3 Å². The Morgan fingerprint density at radius 3 is 2.50 bits per heavy atom. The Labute approximate surface area is 132 Å². The summed E-state index contributed by atoms with van der Waals surface area (Å²) in [4.78, 5) is 16.3. The van der Waals surface area contributed by atoms with Crippen LogP contribution in [0.15, 0.2) is 24.3 Å². The average molecular weight is 306 g/mol. The smallest absolute Gasteiger partial charge is 0.410 e. The summed E-state index contributed by atoms with van der Waals surface area (Å²) in [7, 11) is 1.68.